The van der Waals surface area contributed by atoms with Crippen LogP contribution >= 0.6 is 0 Å². The summed E-state index contributed by atoms with van der Waals surface area (Å²) in [5.41, 5.74) is -0.314. The molecule has 19 heavy (non-hydrogen) atoms. The Morgan fingerprint density at radius 2 is 2.16 bits per heavy atom. The van der Waals surface area contributed by atoms with Crippen LogP contribution in [0.1, 0.15) is 36.0 Å². The smallest absolute Gasteiger partial charge is 0.251 e. The van der Waals surface area contributed by atoms with Gasteiger partial charge in [-0.1, -0.05) is 12.8 Å². The largest absolute Gasteiger partial charge is 0.494 e. The van der Waals surface area contributed by atoms with Crippen LogP contribution in [0, 0.1) is 5.82 Å². The van der Waals surface area contributed by atoms with Crippen LogP contribution in [0.4, 0.5) is 4.39 Å². The number of halogens is 1. The number of aliphatic hydroxyl groups is 1. The zero-order valence-electron chi connectivity index (χ0n) is 10.9. The zero-order valence-corrected chi connectivity index (χ0v) is 10.9. The van der Waals surface area contributed by atoms with Crippen molar-refractivity contribution in [1.82, 2.24) is 5.32 Å². The number of ether oxygens (including phenoxy) is 1. The molecule has 5 heteroatoms. The molecule has 1 amide bonds. The Labute approximate surface area is 111 Å². The summed E-state index contributed by atoms with van der Waals surface area (Å²) < 4.78 is 18.4. The quantitative estimate of drug-likeness (QED) is 0.875. The first-order valence-corrected chi connectivity index (χ1v) is 6.37. The van der Waals surface area contributed by atoms with Crippen molar-refractivity contribution >= 4 is 5.91 Å². The third-order valence-electron chi connectivity index (χ3n) is 3.66. The van der Waals surface area contributed by atoms with Gasteiger partial charge in [-0.05, 0) is 31.0 Å². The minimum atomic E-state index is -0.570. The van der Waals surface area contributed by atoms with Crippen molar-refractivity contribution in [3.05, 3.63) is 29.6 Å². The van der Waals surface area contributed by atoms with E-state index in [1.165, 1.54) is 19.2 Å². The number of benzene rings is 1. The predicted molar refractivity (Wildman–Crippen MR) is 68.7 cm³/mol. The van der Waals surface area contributed by atoms with Crippen LogP contribution in [-0.4, -0.2) is 30.3 Å². The number of amides is 1. The Hall–Kier alpha value is -1.62. The molecule has 4 nitrogen and oxygen atoms in total. The van der Waals surface area contributed by atoms with Crippen molar-refractivity contribution < 1.29 is 19.0 Å². The van der Waals surface area contributed by atoms with E-state index in [-0.39, 0.29) is 23.8 Å². The second kappa shape index (κ2) is 5.57. The number of rotatable bonds is 4. The first-order chi connectivity index (χ1) is 9.10. The molecule has 0 spiro atoms. The normalized spacial score (nSPS) is 17.2. The van der Waals surface area contributed by atoms with Gasteiger partial charge in [0.2, 0.25) is 0 Å². The molecule has 1 fully saturated rings. The molecule has 1 aromatic carbocycles. The van der Waals surface area contributed by atoms with Crippen molar-refractivity contribution in [3.63, 3.8) is 0 Å². The lowest BCUT2D eigenvalue weighted by Crippen LogP contribution is -2.49. The Balaban J connectivity index is 2.13. The third kappa shape index (κ3) is 2.87. The topological polar surface area (TPSA) is 58.6 Å². The van der Waals surface area contributed by atoms with E-state index in [1.807, 2.05) is 0 Å². The monoisotopic (exact) mass is 267 g/mol. The fourth-order valence-electron chi connectivity index (χ4n) is 2.50. The Kier molecular flexibility index (Phi) is 4.04. The number of hydrogen-bond acceptors (Lipinski definition) is 3. The third-order valence-corrected chi connectivity index (χ3v) is 3.66. The van der Waals surface area contributed by atoms with Gasteiger partial charge in [-0.15, -0.1) is 0 Å². The number of carbonyl (C=O) groups excluding carboxylic acids is 1. The number of aliphatic hydroxyl groups excluding tert-OH is 1. The van der Waals surface area contributed by atoms with Crippen LogP contribution in [0.3, 0.4) is 0 Å². The SMILES string of the molecule is COc1ccc(C(=O)NC2(CO)CCCC2)cc1F. The Bertz CT molecular complexity index is 470. The van der Waals surface area contributed by atoms with Gasteiger partial charge in [-0.2, -0.15) is 0 Å². The van der Waals surface area contributed by atoms with E-state index in [1.54, 1.807) is 0 Å². The summed E-state index contributed by atoms with van der Waals surface area (Å²) in [6.45, 7) is -0.0859. The zero-order chi connectivity index (χ0) is 13.9. The first-order valence-electron chi connectivity index (χ1n) is 6.37. The number of carbonyl (C=O) groups is 1. The van der Waals surface area contributed by atoms with E-state index in [9.17, 15) is 14.3 Å². The van der Waals surface area contributed by atoms with Crippen LogP contribution < -0.4 is 10.1 Å². The molecule has 0 aliphatic heterocycles. The van der Waals surface area contributed by atoms with Crippen LogP contribution in [0.5, 0.6) is 5.75 Å². The van der Waals surface area contributed by atoms with E-state index >= 15 is 0 Å². The fourth-order valence-corrected chi connectivity index (χ4v) is 2.50. The lowest BCUT2D eigenvalue weighted by atomic mass is 9.98. The molecule has 0 saturated heterocycles. The molecular formula is C14H18FNO3. The fraction of sp³-hybridized carbons (Fsp3) is 0.500. The van der Waals surface area contributed by atoms with Gasteiger partial charge >= 0.3 is 0 Å². The standard InChI is InChI=1S/C14H18FNO3/c1-19-12-5-4-10(8-11(12)15)13(18)16-14(9-17)6-2-3-7-14/h4-5,8,17H,2-3,6-7,9H2,1H3,(H,16,18). The van der Waals surface area contributed by atoms with Gasteiger partial charge in [0.25, 0.3) is 5.91 Å². The van der Waals surface area contributed by atoms with E-state index < -0.39 is 11.4 Å². The van der Waals surface area contributed by atoms with E-state index in [0.29, 0.717) is 0 Å². The Morgan fingerprint density at radius 3 is 2.68 bits per heavy atom. The number of nitrogens with one attached hydrogen (secondary N) is 1. The molecule has 1 aliphatic carbocycles. The van der Waals surface area contributed by atoms with Gasteiger partial charge in [0.1, 0.15) is 0 Å². The highest BCUT2D eigenvalue weighted by Gasteiger charge is 2.34. The maximum absolute atomic E-state index is 13.5. The molecule has 2 N–H and O–H groups in total. The van der Waals surface area contributed by atoms with Gasteiger partial charge in [0, 0.05) is 5.56 Å². The second-order valence-electron chi connectivity index (χ2n) is 4.95. The summed E-state index contributed by atoms with van der Waals surface area (Å²) in [7, 11) is 1.37. The molecule has 1 aliphatic rings. The maximum atomic E-state index is 13.5. The molecule has 1 aromatic rings. The van der Waals surface area contributed by atoms with E-state index in [4.69, 9.17) is 4.74 Å². The summed E-state index contributed by atoms with van der Waals surface area (Å²) in [5, 5.41) is 12.3. The number of methoxy groups -OCH3 is 1. The van der Waals surface area contributed by atoms with Crippen LogP contribution in [0.2, 0.25) is 0 Å². The molecule has 0 bridgehead atoms. The van der Waals surface area contributed by atoms with Crippen molar-refractivity contribution in [2.24, 2.45) is 0 Å². The molecule has 0 radical (unpaired) electrons. The second-order valence-corrected chi connectivity index (χ2v) is 4.95. The predicted octanol–water partition coefficient (Wildman–Crippen LogP) is 1.87. The minimum Gasteiger partial charge on any atom is -0.494 e. The lowest BCUT2D eigenvalue weighted by Gasteiger charge is -2.28. The average Bonchev–Trinajstić information content (AvgIpc) is 2.87. The van der Waals surface area contributed by atoms with Gasteiger partial charge in [-0.25, -0.2) is 4.39 Å². The minimum absolute atomic E-state index is 0.0859. The number of hydrogen-bond donors (Lipinski definition) is 2. The molecule has 0 atom stereocenters. The molecular weight excluding hydrogens is 249 g/mol. The van der Waals surface area contributed by atoms with Crippen molar-refractivity contribution in [1.29, 1.82) is 0 Å². The summed E-state index contributed by atoms with van der Waals surface area (Å²) in [5.74, 6) is -0.827. The highest BCUT2D eigenvalue weighted by molar-refractivity contribution is 5.94. The van der Waals surface area contributed by atoms with Gasteiger partial charge in [0.05, 0.1) is 19.3 Å². The summed E-state index contributed by atoms with van der Waals surface area (Å²) in [4.78, 5) is 12.1. The van der Waals surface area contributed by atoms with Crippen LogP contribution in [0.25, 0.3) is 0 Å². The summed E-state index contributed by atoms with van der Waals surface area (Å²) >= 11 is 0. The molecule has 0 heterocycles. The van der Waals surface area contributed by atoms with E-state index in [2.05, 4.69) is 5.32 Å². The first kappa shape index (κ1) is 13.8. The molecule has 2 rings (SSSR count). The molecule has 0 unspecified atom stereocenters. The van der Waals surface area contributed by atoms with E-state index in [0.717, 1.165) is 31.7 Å². The Morgan fingerprint density at radius 1 is 1.47 bits per heavy atom. The van der Waals surface area contributed by atoms with Crippen molar-refractivity contribution in [2.45, 2.75) is 31.2 Å². The van der Waals surface area contributed by atoms with Gasteiger partial charge in [-0.3, -0.25) is 4.79 Å². The average molecular weight is 267 g/mol. The van der Waals surface area contributed by atoms with Crippen LogP contribution in [0.15, 0.2) is 18.2 Å². The van der Waals surface area contributed by atoms with Gasteiger partial charge in [0.15, 0.2) is 11.6 Å². The van der Waals surface area contributed by atoms with Crippen molar-refractivity contribution in [2.75, 3.05) is 13.7 Å². The lowest BCUT2D eigenvalue weighted by molar-refractivity contribution is 0.0838. The summed E-state index contributed by atoms with van der Waals surface area (Å²) in [6.07, 6.45) is 3.48. The highest BCUT2D eigenvalue weighted by atomic mass is 19.1. The molecule has 0 aromatic heterocycles. The molecule has 104 valence electrons. The van der Waals surface area contributed by atoms with Crippen molar-refractivity contribution in [3.8, 4) is 5.75 Å². The maximum Gasteiger partial charge on any atom is 0.251 e. The highest BCUT2D eigenvalue weighted by Crippen LogP contribution is 2.29. The van der Waals surface area contributed by atoms with Gasteiger partial charge < -0.3 is 15.2 Å². The summed E-state index contributed by atoms with van der Waals surface area (Å²) in [6, 6.07) is 4.08. The van der Waals surface area contributed by atoms with Crippen LogP contribution in [-0.2, 0) is 0 Å². The molecule has 1 saturated carbocycles.